The van der Waals surface area contributed by atoms with E-state index in [1.165, 1.54) is 9.87 Å². The first kappa shape index (κ1) is 24.2. The molecule has 2 aromatic rings. The van der Waals surface area contributed by atoms with Crippen LogP contribution in [0.3, 0.4) is 0 Å². The minimum atomic E-state index is -3.65. The largest absolute Gasteiger partial charge is 0.481 e. The molecule has 1 N–H and O–H groups in total. The number of amides is 1. The van der Waals surface area contributed by atoms with Gasteiger partial charge in [0, 0.05) is 19.6 Å². The molecule has 1 heterocycles. The molecular weight excluding hydrogens is 428 g/mol. The number of rotatable bonds is 7. The SMILES string of the molecule is CC(Oc1ccc(C(C)(C)C)cc1)C(=O)NCc1ccccc1S(=O)(=O)N1CCOCC1. The highest BCUT2D eigenvalue weighted by Crippen LogP contribution is 2.25. The van der Waals surface area contributed by atoms with Crippen LogP contribution in [0.1, 0.15) is 38.8 Å². The van der Waals surface area contributed by atoms with Gasteiger partial charge < -0.3 is 14.8 Å². The van der Waals surface area contributed by atoms with Gasteiger partial charge in [-0.05, 0) is 41.7 Å². The van der Waals surface area contributed by atoms with Crippen LogP contribution in [-0.2, 0) is 31.5 Å². The lowest BCUT2D eigenvalue weighted by Gasteiger charge is -2.27. The zero-order valence-corrected chi connectivity index (χ0v) is 19.9. The summed E-state index contributed by atoms with van der Waals surface area (Å²) in [6, 6.07) is 14.4. The second kappa shape index (κ2) is 10.0. The van der Waals surface area contributed by atoms with Crippen LogP contribution in [0.5, 0.6) is 5.75 Å². The monoisotopic (exact) mass is 460 g/mol. The summed E-state index contributed by atoms with van der Waals surface area (Å²) < 4.78 is 38.6. The Kier molecular flexibility index (Phi) is 7.59. The molecule has 1 unspecified atom stereocenters. The molecule has 1 atom stereocenters. The van der Waals surface area contributed by atoms with Crippen molar-refractivity contribution in [3.05, 3.63) is 59.7 Å². The third-order valence-corrected chi connectivity index (χ3v) is 7.42. The highest BCUT2D eigenvalue weighted by molar-refractivity contribution is 7.89. The highest BCUT2D eigenvalue weighted by atomic mass is 32.2. The summed E-state index contributed by atoms with van der Waals surface area (Å²) >= 11 is 0. The molecule has 3 rings (SSSR count). The van der Waals surface area contributed by atoms with E-state index >= 15 is 0 Å². The molecule has 1 amide bonds. The number of carbonyl (C=O) groups excluding carboxylic acids is 1. The van der Waals surface area contributed by atoms with Gasteiger partial charge in [-0.15, -0.1) is 0 Å². The average Bonchev–Trinajstić information content (AvgIpc) is 2.78. The van der Waals surface area contributed by atoms with E-state index in [1.54, 1.807) is 31.2 Å². The van der Waals surface area contributed by atoms with Crippen LogP contribution in [0.4, 0.5) is 0 Å². The molecule has 0 radical (unpaired) electrons. The highest BCUT2D eigenvalue weighted by Gasteiger charge is 2.28. The molecule has 7 nitrogen and oxygen atoms in total. The maximum absolute atomic E-state index is 13.1. The second-order valence-electron chi connectivity index (χ2n) is 8.88. The van der Waals surface area contributed by atoms with Gasteiger partial charge in [0.05, 0.1) is 18.1 Å². The Morgan fingerprint density at radius 1 is 1.09 bits per heavy atom. The average molecular weight is 461 g/mol. The Morgan fingerprint density at radius 3 is 2.34 bits per heavy atom. The van der Waals surface area contributed by atoms with Crippen molar-refractivity contribution in [2.24, 2.45) is 0 Å². The molecular formula is C24H32N2O5S. The smallest absolute Gasteiger partial charge is 0.261 e. The number of nitrogens with zero attached hydrogens (tertiary/aromatic N) is 1. The van der Waals surface area contributed by atoms with Crippen molar-refractivity contribution in [2.75, 3.05) is 26.3 Å². The number of hydrogen-bond donors (Lipinski definition) is 1. The molecule has 1 aliphatic heterocycles. The second-order valence-corrected chi connectivity index (χ2v) is 10.8. The van der Waals surface area contributed by atoms with Crippen molar-refractivity contribution < 1.29 is 22.7 Å². The summed E-state index contributed by atoms with van der Waals surface area (Å²) in [5.74, 6) is 0.291. The van der Waals surface area contributed by atoms with Gasteiger partial charge in [-0.2, -0.15) is 4.31 Å². The summed E-state index contributed by atoms with van der Waals surface area (Å²) in [6.07, 6.45) is -0.724. The van der Waals surface area contributed by atoms with Crippen LogP contribution in [-0.4, -0.2) is 51.0 Å². The van der Waals surface area contributed by atoms with Crippen LogP contribution < -0.4 is 10.1 Å². The van der Waals surface area contributed by atoms with E-state index in [9.17, 15) is 13.2 Å². The van der Waals surface area contributed by atoms with Crippen molar-refractivity contribution in [3.8, 4) is 5.75 Å². The van der Waals surface area contributed by atoms with Gasteiger partial charge in [0.1, 0.15) is 5.75 Å². The number of ether oxygens (including phenoxy) is 2. The number of hydrogen-bond acceptors (Lipinski definition) is 5. The van der Waals surface area contributed by atoms with Crippen molar-refractivity contribution in [1.29, 1.82) is 0 Å². The Hall–Kier alpha value is -2.42. The molecule has 32 heavy (non-hydrogen) atoms. The van der Waals surface area contributed by atoms with Crippen LogP contribution in [0.15, 0.2) is 53.4 Å². The molecule has 0 aliphatic carbocycles. The lowest BCUT2D eigenvalue weighted by molar-refractivity contribution is -0.127. The number of sulfonamides is 1. The Balaban J connectivity index is 1.63. The number of nitrogens with one attached hydrogen (secondary N) is 1. The third-order valence-electron chi connectivity index (χ3n) is 5.42. The lowest BCUT2D eigenvalue weighted by atomic mass is 9.87. The lowest BCUT2D eigenvalue weighted by Crippen LogP contribution is -2.41. The molecule has 1 saturated heterocycles. The minimum Gasteiger partial charge on any atom is -0.481 e. The Bertz CT molecular complexity index is 1020. The fourth-order valence-corrected chi connectivity index (χ4v) is 5.07. The summed E-state index contributed by atoms with van der Waals surface area (Å²) in [5, 5.41) is 2.80. The van der Waals surface area contributed by atoms with Gasteiger partial charge in [0.15, 0.2) is 6.10 Å². The third kappa shape index (κ3) is 5.88. The van der Waals surface area contributed by atoms with Crippen LogP contribution in [0, 0.1) is 0 Å². The summed E-state index contributed by atoms with van der Waals surface area (Å²) in [7, 11) is -3.65. The Labute approximate surface area is 190 Å². The fraction of sp³-hybridized carbons (Fsp3) is 0.458. The van der Waals surface area contributed by atoms with Crippen LogP contribution >= 0.6 is 0 Å². The summed E-state index contributed by atoms with van der Waals surface area (Å²) in [4.78, 5) is 12.8. The molecule has 0 bridgehead atoms. The topological polar surface area (TPSA) is 84.9 Å². The molecule has 0 aromatic heterocycles. The number of carbonyl (C=O) groups is 1. The van der Waals surface area contributed by atoms with Gasteiger partial charge in [-0.25, -0.2) is 8.42 Å². The van der Waals surface area contributed by atoms with Gasteiger partial charge in [-0.1, -0.05) is 51.1 Å². The zero-order chi connectivity index (χ0) is 23.4. The molecule has 0 saturated carbocycles. The molecule has 0 spiro atoms. The molecule has 2 aromatic carbocycles. The van der Waals surface area contributed by atoms with E-state index in [-0.39, 0.29) is 22.8 Å². The van der Waals surface area contributed by atoms with E-state index in [2.05, 4.69) is 26.1 Å². The first-order valence-electron chi connectivity index (χ1n) is 10.8. The van der Waals surface area contributed by atoms with Crippen LogP contribution in [0.25, 0.3) is 0 Å². The van der Waals surface area contributed by atoms with E-state index in [0.29, 0.717) is 37.6 Å². The molecule has 1 fully saturated rings. The quantitative estimate of drug-likeness (QED) is 0.686. The minimum absolute atomic E-state index is 0.0382. The fourth-order valence-electron chi connectivity index (χ4n) is 3.44. The molecule has 1 aliphatic rings. The van der Waals surface area contributed by atoms with Gasteiger partial charge in [0.25, 0.3) is 5.91 Å². The van der Waals surface area contributed by atoms with Gasteiger partial charge >= 0.3 is 0 Å². The number of morpholine rings is 1. The first-order valence-corrected chi connectivity index (χ1v) is 12.2. The van der Waals surface area contributed by atoms with Crippen molar-refractivity contribution in [3.63, 3.8) is 0 Å². The number of benzene rings is 2. The maximum Gasteiger partial charge on any atom is 0.261 e. The standard InChI is InChI=1S/C24H32N2O5S/c1-18(31-21-11-9-20(10-12-21)24(2,3)4)23(27)25-17-19-7-5-6-8-22(19)32(28,29)26-13-15-30-16-14-26/h5-12,18H,13-17H2,1-4H3,(H,25,27). The maximum atomic E-state index is 13.1. The van der Waals surface area contributed by atoms with Crippen LogP contribution in [0.2, 0.25) is 0 Å². The van der Waals surface area contributed by atoms with E-state index < -0.39 is 16.1 Å². The van der Waals surface area contributed by atoms with Gasteiger partial charge in [0.2, 0.25) is 10.0 Å². The zero-order valence-electron chi connectivity index (χ0n) is 19.1. The molecule has 174 valence electrons. The predicted molar refractivity (Wildman–Crippen MR) is 123 cm³/mol. The van der Waals surface area contributed by atoms with Crippen molar-refractivity contribution in [2.45, 2.75) is 50.7 Å². The van der Waals surface area contributed by atoms with Crippen molar-refractivity contribution >= 4 is 15.9 Å². The molecule has 8 heteroatoms. The van der Waals surface area contributed by atoms with E-state index in [4.69, 9.17) is 9.47 Å². The van der Waals surface area contributed by atoms with Crippen molar-refractivity contribution in [1.82, 2.24) is 9.62 Å². The normalized spacial score (nSPS) is 16.4. The predicted octanol–water partition coefficient (Wildman–Crippen LogP) is 3.09. The first-order chi connectivity index (χ1) is 15.1. The van der Waals surface area contributed by atoms with Gasteiger partial charge in [-0.3, -0.25) is 4.79 Å². The Morgan fingerprint density at radius 2 is 1.72 bits per heavy atom. The summed E-state index contributed by atoms with van der Waals surface area (Å²) in [6.45, 7) is 9.57. The van der Waals surface area contributed by atoms with E-state index in [0.717, 1.165) is 0 Å². The van der Waals surface area contributed by atoms with E-state index in [1.807, 2.05) is 24.3 Å². The summed E-state index contributed by atoms with van der Waals surface area (Å²) in [5.41, 5.74) is 1.75.